The van der Waals surface area contributed by atoms with Gasteiger partial charge in [-0.25, -0.2) is 8.42 Å². The number of aryl methyl sites for hydroxylation is 1. The smallest absolute Gasteiger partial charge is 0.151 e. The molecule has 0 radical (unpaired) electrons. The molecule has 0 N–H and O–H groups in total. The number of rotatable bonds is 2. The molecule has 1 aromatic rings. The van der Waals surface area contributed by atoms with E-state index in [9.17, 15) is 8.42 Å². The third-order valence-corrected chi connectivity index (χ3v) is 2.85. The van der Waals surface area contributed by atoms with Crippen LogP contribution < -0.4 is 0 Å². The number of halogens is 1. The van der Waals surface area contributed by atoms with Gasteiger partial charge < -0.3 is 0 Å². The Hall–Kier alpha value is -0.350. The molecule has 0 saturated carbocycles. The molecule has 0 fully saturated rings. The summed E-state index contributed by atoms with van der Waals surface area (Å²) < 4.78 is 22.9. The summed E-state index contributed by atoms with van der Waals surface area (Å²) in [6.07, 6.45) is 1.24. The first-order valence-electron chi connectivity index (χ1n) is 3.80. The van der Waals surface area contributed by atoms with E-state index >= 15 is 0 Å². The van der Waals surface area contributed by atoms with Crippen molar-refractivity contribution < 1.29 is 8.42 Å². The van der Waals surface area contributed by atoms with E-state index < -0.39 is 9.84 Å². The van der Waals surface area contributed by atoms with E-state index in [4.69, 9.17) is 0 Å². The van der Waals surface area contributed by atoms with Crippen molar-refractivity contribution >= 4 is 25.8 Å². The Labute approximate surface area is 87.0 Å². The van der Waals surface area contributed by atoms with Crippen LogP contribution in [0.25, 0.3) is 0 Å². The second-order valence-electron chi connectivity index (χ2n) is 3.21. The predicted octanol–water partition coefficient (Wildman–Crippen LogP) is 2.30. The molecule has 0 spiro atoms. The Morgan fingerprint density at radius 2 is 1.92 bits per heavy atom. The van der Waals surface area contributed by atoms with E-state index in [2.05, 4.69) is 15.9 Å². The fourth-order valence-corrected chi connectivity index (χ4v) is 2.63. The standard InChI is InChI=1S/C9H11BrO2S/c1-7-3-8(5-9(10)4-7)6-13(2,11)12/h3-5H,6H2,1-2H3. The van der Waals surface area contributed by atoms with E-state index in [0.717, 1.165) is 15.6 Å². The summed E-state index contributed by atoms with van der Waals surface area (Å²) in [7, 11) is -2.93. The molecule has 0 aliphatic rings. The summed E-state index contributed by atoms with van der Waals surface area (Å²) in [5.41, 5.74) is 1.89. The van der Waals surface area contributed by atoms with Crippen LogP contribution in [0.1, 0.15) is 11.1 Å². The summed E-state index contributed by atoms with van der Waals surface area (Å²) in [5.74, 6) is 0.104. The Kier molecular flexibility index (Phi) is 3.14. The van der Waals surface area contributed by atoms with E-state index in [-0.39, 0.29) is 5.75 Å². The largest absolute Gasteiger partial charge is 0.229 e. The molecular weight excluding hydrogens is 252 g/mol. The maximum Gasteiger partial charge on any atom is 0.151 e. The fourth-order valence-electron chi connectivity index (χ4n) is 1.20. The Bertz CT molecular complexity index is 389. The molecule has 0 heterocycles. The highest BCUT2D eigenvalue weighted by atomic mass is 79.9. The lowest BCUT2D eigenvalue weighted by molar-refractivity contribution is 0.601. The number of hydrogen-bond donors (Lipinski definition) is 0. The van der Waals surface area contributed by atoms with E-state index in [1.165, 1.54) is 6.26 Å². The van der Waals surface area contributed by atoms with E-state index in [0.29, 0.717) is 0 Å². The quantitative estimate of drug-likeness (QED) is 0.820. The second-order valence-corrected chi connectivity index (χ2v) is 6.26. The van der Waals surface area contributed by atoms with Crippen LogP contribution in [0, 0.1) is 6.92 Å². The van der Waals surface area contributed by atoms with Gasteiger partial charge in [0.1, 0.15) is 0 Å². The van der Waals surface area contributed by atoms with Gasteiger partial charge in [-0.2, -0.15) is 0 Å². The van der Waals surface area contributed by atoms with Gasteiger partial charge in [0, 0.05) is 10.7 Å². The minimum absolute atomic E-state index is 0.104. The summed E-state index contributed by atoms with van der Waals surface area (Å²) >= 11 is 3.33. The molecule has 0 unspecified atom stereocenters. The van der Waals surface area contributed by atoms with Crippen molar-refractivity contribution in [3.8, 4) is 0 Å². The average Bonchev–Trinajstić information content (AvgIpc) is 1.78. The lowest BCUT2D eigenvalue weighted by atomic mass is 10.2. The summed E-state index contributed by atoms with van der Waals surface area (Å²) in [6, 6.07) is 5.66. The van der Waals surface area contributed by atoms with Crippen LogP contribution in [0.3, 0.4) is 0 Å². The number of hydrogen-bond acceptors (Lipinski definition) is 2. The van der Waals surface area contributed by atoms with Crippen molar-refractivity contribution in [3.05, 3.63) is 33.8 Å². The molecule has 13 heavy (non-hydrogen) atoms. The van der Waals surface area contributed by atoms with Crippen LogP contribution in [-0.2, 0) is 15.6 Å². The zero-order valence-electron chi connectivity index (χ0n) is 7.54. The highest BCUT2D eigenvalue weighted by molar-refractivity contribution is 9.10. The van der Waals surface area contributed by atoms with Gasteiger partial charge in [-0.05, 0) is 30.2 Å². The maximum absolute atomic E-state index is 11.0. The van der Waals surface area contributed by atoms with Crippen molar-refractivity contribution in [2.45, 2.75) is 12.7 Å². The molecule has 0 aliphatic carbocycles. The zero-order chi connectivity index (χ0) is 10.1. The van der Waals surface area contributed by atoms with Crippen LogP contribution in [0.4, 0.5) is 0 Å². The molecule has 0 aliphatic heterocycles. The lowest BCUT2D eigenvalue weighted by Crippen LogP contribution is -2.00. The van der Waals surface area contributed by atoms with Crippen LogP contribution in [0.15, 0.2) is 22.7 Å². The van der Waals surface area contributed by atoms with Gasteiger partial charge >= 0.3 is 0 Å². The fraction of sp³-hybridized carbons (Fsp3) is 0.333. The van der Waals surface area contributed by atoms with Crippen LogP contribution >= 0.6 is 15.9 Å². The molecule has 0 aromatic heterocycles. The molecule has 0 atom stereocenters. The zero-order valence-corrected chi connectivity index (χ0v) is 9.94. The van der Waals surface area contributed by atoms with Crippen molar-refractivity contribution in [2.24, 2.45) is 0 Å². The van der Waals surface area contributed by atoms with Gasteiger partial charge in [0.2, 0.25) is 0 Å². The second kappa shape index (κ2) is 3.80. The van der Waals surface area contributed by atoms with Crippen molar-refractivity contribution in [1.82, 2.24) is 0 Å². The first kappa shape index (κ1) is 10.7. The maximum atomic E-state index is 11.0. The van der Waals surface area contributed by atoms with Crippen LogP contribution in [0.2, 0.25) is 0 Å². The molecule has 1 rings (SSSR count). The number of benzene rings is 1. The Morgan fingerprint density at radius 1 is 1.31 bits per heavy atom. The summed E-state index contributed by atoms with van der Waals surface area (Å²) in [4.78, 5) is 0. The molecule has 72 valence electrons. The van der Waals surface area contributed by atoms with Gasteiger partial charge in [-0.15, -0.1) is 0 Å². The molecule has 0 amide bonds. The van der Waals surface area contributed by atoms with Gasteiger partial charge in [-0.1, -0.05) is 22.0 Å². The van der Waals surface area contributed by atoms with Gasteiger partial charge in [0.05, 0.1) is 5.75 Å². The average molecular weight is 263 g/mol. The minimum Gasteiger partial charge on any atom is -0.229 e. The van der Waals surface area contributed by atoms with E-state index in [1.807, 2.05) is 25.1 Å². The Morgan fingerprint density at radius 3 is 2.38 bits per heavy atom. The molecule has 1 aromatic carbocycles. The van der Waals surface area contributed by atoms with Gasteiger partial charge in [0.25, 0.3) is 0 Å². The monoisotopic (exact) mass is 262 g/mol. The van der Waals surface area contributed by atoms with Crippen LogP contribution in [0.5, 0.6) is 0 Å². The molecular formula is C9H11BrO2S. The summed E-state index contributed by atoms with van der Waals surface area (Å²) in [6.45, 7) is 1.94. The lowest BCUT2D eigenvalue weighted by Gasteiger charge is -2.02. The van der Waals surface area contributed by atoms with Gasteiger partial charge in [0.15, 0.2) is 9.84 Å². The van der Waals surface area contributed by atoms with Crippen LogP contribution in [-0.4, -0.2) is 14.7 Å². The topological polar surface area (TPSA) is 34.1 Å². The first-order chi connectivity index (χ1) is 5.87. The van der Waals surface area contributed by atoms with Crippen molar-refractivity contribution in [2.75, 3.05) is 6.26 Å². The summed E-state index contributed by atoms with van der Waals surface area (Å²) in [5, 5.41) is 0. The molecule has 4 heteroatoms. The predicted molar refractivity (Wildman–Crippen MR) is 57.4 cm³/mol. The highest BCUT2D eigenvalue weighted by Gasteiger charge is 2.05. The third-order valence-electron chi connectivity index (χ3n) is 1.53. The molecule has 0 saturated heterocycles. The Balaban J connectivity index is 3.03. The number of sulfone groups is 1. The minimum atomic E-state index is -2.93. The van der Waals surface area contributed by atoms with E-state index in [1.54, 1.807) is 0 Å². The first-order valence-corrected chi connectivity index (χ1v) is 6.66. The third kappa shape index (κ3) is 3.91. The van der Waals surface area contributed by atoms with Gasteiger partial charge in [-0.3, -0.25) is 0 Å². The normalized spacial score (nSPS) is 11.6. The molecule has 0 bridgehead atoms. The SMILES string of the molecule is Cc1cc(Br)cc(CS(C)(=O)=O)c1. The molecule has 2 nitrogen and oxygen atoms in total. The highest BCUT2D eigenvalue weighted by Crippen LogP contribution is 2.16. The van der Waals surface area contributed by atoms with Crippen molar-refractivity contribution in [3.63, 3.8) is 0 Å². The van der Waals surface area contributed by atoms with Crippen molar-refractivity contribution in [1.29, 1.82) is 0 Å².